The maximum Gasteiger partial charge on any atom is 0.223 e. The van der Waals surface area contributed by atoms with Gasteiger partial charge in [0.2, 0.25) is 11.7 Å². The van der Waals surface area contributed by atoms with Gasteiger partial charge in [-0.25, -0.2) is 0 Å². The highest BCUT2D eigenvalue weighted by Gasteiger charge is 2.28. The maximum absolute atomic E-state index is 14.0. The molecule has 1 amide bonds. The van der Waals surface area contributed by atoms with Crippen molar-refractivity contribution in [3.8, 4) is 17.2 Å². The quantitative estimate of drug-likeness (QED) is 0.142. The normalized spacial score (nSPS) is 12.7. The van der Waals surface area contributed by atoms with Gasteiger partial charge in [0.1, 0.15) is 6.29 Å². The van der Waals surface area contributed by atoms with Gasteiger partial charge in [0.25, 0.3) is 0 Å². The third kappa shape index (κ3) is 5.89. The molecule has 5 rings (SSSR count). The Morgan fingerprint density at radius 2 is 1.39 bits per heavy atom. The number of carbonyl (C=O) groups excluding carboxylic acids is 2. The van der Waals surface area contributed by atoms with Crippen molar-refractivity contribution in [2.75, 3.05) is 34.9 Å². The highest BCUT2D eigenvalue weighted by molar-refractivity contribution is 5.88. The molecule has 0 spiro atoms. The van der Waals surface area contributed by atoms with Crippen molar-refractivity contribution < 1.29 is 23.8 Å². The molecule has 2 N–H and O–H groups in total. The van der Waals surface area contributed by atoms with Crippen LogP contribution in [-0.2, 0) is 9.59 Å². The lowest BCUT2D eigenvalue weighted by Gasteiger charge is -2.25. The second-order valence-corrected chi connectivity index (χ2v) is 11.3. The second kappa shape index (κ2) is 13.3. The fourth-order valence-corrected chi connectivity index (χ4v) is 6.56. The molecule has 230 valence electrons. The minimum absolute atomic E-state index is 0.000620. The standard InChI is InChI=1S/C36H41N3O5/c1-22-34(26-11-7-9-13-29(26)37-22)24(16-18-40)15-17-39(3)33(41)21-28(35-23(2)38-30-14-10-8-12-27(30)35)25-19-31(42-4)36(44-6)32(20-25)43-5/h7-14,18-20,24,28,37-38H,15-17,21H2,1-6H3. The molecule has 44 heavy (non-hydrogen) atoms. The maximum atomic E-state index is 14.0. The summed E-state index contributed by atoms with van der Waals surface area (Å²) in [6.07, 6.45) is 2.29. The van der Waals surface area contributed by atoms with Crippen molar-refractivity contribution in [2.45, 2.75) is 44.9 Å². The van der Waals surface area contributed by atoms with E-state index in [2.05, 4.69) is 28.2 Å². The first-order valence-electron chi connectivity index (χ1n) is 14.9. The number of ether oxygens (including phenoxy) is 3. The number of aromatic amines is 2. The first kappa shape index (κ1) is 30.7. The van der Waals surface area contributed by atoms with Crippen LogP contribution < -0.4 is 14.2 Å². The lowest BCUT2D eigenvalue weighted by molar-refractivity contribution is -0.130. The van der Waals surface area contributed by atoms with Gasteiger partial charge >= 0.3 is 0 Å². The van der Waals surface area contributed by atoms with Gasteiger partial charge in [0.15, 0.2) is 11.5 Å². The molecule has 8 heteroatoms. The number of nitrogens with zero attached hydrogens (tertiary/aromatic N) is 1. The van der Waals surface area contributed by atoms with E-state index in [0.29, 0.717) is 36.6 Å². The molecule has 2 aromatic heterocycles. The monoisotopic (exact) mass is 595 g/mol. The van der Waals surface area contributed by atoms with Gasteiger partial charge in [-0.3, -0.25) is 4.79 Å². The number of methoxy groups -OCH3 is 3. The zero-order chi connectivity index (χ0) is 31.4. The van der Waals surface area contributed by atoms with Gasteiger partial charge in [0.05, 0.1) is 21.3 Å². The Kier molecular flexibility index (Phi) is 9.28. The molecule has 0 bridgehead atoms. The van der Waals surface area contributed by atoms with Crippen LogP contribution in [0.2, 0.25) is 0 Å². The number of aryl methyl sites for hydroxylation is 2. The molecule has 0 radical (unpaired) electrons. The molecule has 0 aliphatic rings. The Balaban J connectivity index is 1.46. The third-order valence-electron chi connectivity index (χ3n) is 8.73. The van der Waals surface area contributed by atoms with Gasteiger partial charge in [-0.15, -0.1) is 0 Å². The summed E-state index contributed by atoms with van der Waals surface area (Å²) >= 11 is 0. The molecular weight excluding hydrogens is 554 g/mol. The summed E-state index contributed by atoms with van der Waals surface area (Å²) in [5.41, 5.74) is 7.24. The Hall–Kier alpha value is -4.72. The summed E-state index contributed by atoms with van der Waals surface area (Å²) in [4.78, 5) is 34.5. The number of nitrogens with one attached hydrogen (secondary N) is 2. The van der Waals surface area contributed by atoms with Crippen LogP contribution in [0.15, 0.2) is 60.7 Å². The first-order valence-corrected chi connectivity index (χ1v) is 14.9. The van der Waals surface area contributed by atoms with E-state index >= 15 is 0 Å². The minimum Gasteiger partial charge on any atom is -0.493 e. The minimum atomic E-state index is -0.281. The summed E-state index contributed by atoms with van der Waals surface area (Å²) in [6, 6.07) is 20.2. The highest BCUT2D eigenvalue weighted by Crippen LogP contribution is 2.44. The van der Waals surface area contributed by atoms with Crippen LogP contribution in [0.1, 0.15) is 59.2 Å². The van der Waals surface area contributed by atoms with Crippen LogP contribution >= 0.6 is 0 Å². The van der Waals surface area contributed by atoms with E-state index < -0.39 is 0 Å². The number of H-pyrrole nitrogens is 2. The summed E-state index contributed by atoms with van der Waals surface area (Å²) in [7, 11) is 6.61. The summed E-state index contributed by atoms with van der Waals surface area (Å²) in [5.74, 6) is 1.31. The van der Waals surface area contributed by atoms with Gasteiger partial charge in [-0.2, -0.15) is 0 Å². The predicted octanol–water partition coefficient (Wildman–Crippen LogP) is 7.04. The van der Waals surface area contributed by atoms with Crippen LogP contribution in [0.5, 0.6) is 17.2 Å². The molecule has 2 atom stereocenters. The summed E-state index contributed by atoms with van der Waals surface area (Å²) in [5, 5.41) is 2.20. The average molecular weight is 596 g/mol. The summed E-state index contributed by atoms with van der Waals surface area (Å²) in [6.45, 7) is 4.61. The SMILES string of the molecule is COc1cc(C(CC(=O)N(C)CCC(CC=O)c2c(C)[nH]c3ccccc23)c2c(C)[nH]c3ccccc23)cc(OC)c1OC. The number of fused-ring (bicyclic) bond motifs is 2. The Bertz CT molecular complexity index is 1760. The number of hydrogen-bond donors (Lipinski definition) is 2. The van der Waals surface area contributed by atoms with E-state index in [1.807, 2.05) is 63.4 Å². The number of aromatic nitrogens is 2. The van der Waals surface area contributed by atoms with Crippen molar-refractivity contribution >= 4 is 34.0 Å². The number of carbonyl (C=O) groups is 2. The van der Waals surface area contributed by atoms with Crippen molar-refractivity contribution in [1.29, 1.82) is 0 Å². The van der Waals surface area contributed by atoms with Crippen molar-refractivity contribution in [1.82, 2.24) is 14.9 Å². The van der Waals surface area contributed by atoms with Crippen LogP contribution in [0, 0.1) is 13.8 Å². The number of benzene rings is 3. The Morgan fingerprint density at radius 3 is 1.93 bits per heavy atom. The number of hydrogen-bond acceptors (Lipinski definition) is 5. The summed E-state index contributed by atoms with van der Waals surface area (Å²) < 4.78 is 16.9. The number of rotatable bonds is 13. The van der Waals surface area contributed by atoms with Gasteiger partial charge < -0.3 is 33.9 Å². The van der Waals surface area contributed by atoms with Gasteiger partial charge in [0, 0.05) is 65.5 Å². The van der Waals surface area contributed by atoms with Crippen LogP contribution in [-0.4, -0.2) is 62.0 Å². The van der Waals surface area contributed by atoms with E-state index in [9.17, 15) is 9.59 Å². The van der Waals surface area contributed by atoms with Crippen molar-refractivity contribution in [3.63, 3.8) is 0 Å². The van der Waals surface area contributed by atoms with Crippen LogP contribution in [0.4, 0.5) is 0 Å². The fraction of sp³-hybridized carbons (Fsp3) is 0.333. The fourth-order valence-electron chi connectivity index (χ4n) is 6.56. The average Bonchev–Trinajstić information content (AvgIpc) is 3.55. The Morgan fingerprint density at radius 1 is 0.841 bits per heavy atom. The van der Waals surface area contributed by atoms with Crippen molar-refractivity contribution in [3.05, 3.63) is 88.7 Å². The number of para-hydroxylation sites is 2. The van der Waals surface area contributed by atoms with Crippen LogP contribution in [0.3, 0.4) is 0 Å². The van der Waals surface area contributed by atoms with E-state index in [0.717, 1.165) is 56.2 Å². The first-order chi connectivity index (χ1) is 21.3. The topological polar surface area (TPSA) is 96.7 Å². The lowest BCUT2D eigenvalue weighted by Crippen LogP contribution is -2.30. The molecule has 0 saturated heterocycles. The van der Waals surface area contributed by atoms with Gasteiger partial charge in [-0.05, 0) is 67.1 Å². The van der Waals surface area contributed by atoms with E-state index in [4.69, 9.17) is 14.2 Å². The smallest absolute Gasteiger partial charge is 0.223 e. The third-order valence-corrected chi connectivity index (χ3v) is 8.73. The molecule has 0 saturated carbocycles. The Labute approximate surface area is 258 Å². The molecule has 5 aromatic rings. The van der Waals surface area contributed by atoms with Gasteiger partial charge in [-0.1, -0.05) is 36.4 Å². The molecule has 3 aromatic carbocycles. The van der Waals surface area contributed by atoms with E-state index in [1.165, 1.54) is 0 Å². The zero-order valence-electron chi connectivity index (χ0n) is 26.3. The van der Waals surface area contributed by atoms with E-state index in [1.54, 1.807) is 26.2 Å². The molecule has 2 heterocycles. The van der Waals surface area contributed by atoms with Crippen molar-refractivity contribution in [2.24, 2.45) is 0 Å². The molecule has 2 unspecified atom stereocenters. The predicted molar refractivity (Wildman–Crippen MR) is 174 cm³/mol. The molecule has 8 nitrogen and oxygen atoms in total. The molecule has 0 aliphatic carbocycles. The highest BCUT2D eigenvalue weighted by atomic mass is 16.5. The zero-order valence-corrected chi connectivity index (χ0v) is 26.3. The van der Waals surface area contributed by atoms with Crippen LogP contribution in [0.25, 0.3) is 21.8 Å². The second-order valence-electron chi connectivity index (χ2n) is 11.3. The molecule has 0 fully saturated rings. The van der Waals surface area contributed by atoms with E-state index in [-0.39, 0.29) is 24.2 Å². The molecule has 0 aliphatic heterocycles. The lowest BCUT2D eigenvalue weighted by atomic mass is 9.85. The molecular formula is C36H41N3O5. The number of amides is 1. The largest absolute Gasteiger partial charge is 0.493 e. The number of aldehydes is 1.